The van der Waals surface area contributed by atoms with Gasteiger partial charge < -0.3 is 5.11 Å². The highest BCUT2D eigenvalue weighted by Crippen LogP contribution is 2.36. The SMILES string of the molecule is CC(CN(C)C1CCc2cc(Br)ccc21)C(=O)O. The molecule has 0 heterocycles. The molecule has 3 nitrogen and oxygen atoms in total. The maximum absolute atomic E-state index is 10.9. The summed E-state index contributed by atoms with van der Waals surface area (Å²) >= 11 is 3.49. The summed E-state index contributed by atoms with van der Waals surface area (Å²) in [6, 6.07) is 6.74. The number of nitrogens with zero attached hydrogens (tertiary/aromatic N) is 1. The number of fused-ring (bicyclic) bond motifs is 1. The van der Waals surface area contributed by atoms with E-state index in [1.807, 2.05) is 7.05 Å². The Morgan fingerprint density at radius 1 is 1.61 bits per heavy atom. The molecular weight excluding hydrogens is 294 g/mol. The van der Waals surface area contributed by atoms with Crippen LogP contribution < -0.4 is 0 Å². The van der Waals surface area contributed by atoms with Gasteiger partial charge in [0.1, 0.15) is 0 Å². The van der Waals surface area contributed by atoms with Crippen molar-refractivity contribution in [1.29, 1.82) is 0 Å². The van der Waals surface area contributed by atoms with Crippen molar-refractivity contribution in [2.45, 2.75) is 25.8 Å². The summed E-state index contributed by atoms with van der Waals surface area (Å²) in [4.78, 5) is 13.1. The zero-order valence-corrected chi connectivity index (χ0v) is 12.3. The lowest BCUT2D eigenvalue weighted by Crippen LogP contribution is -2.31. The molecule has 2 rings (SSSR count). The highest BCUT2D eigenvalue weighted by atomic mass is 79.9. The molecule has 1 aliphatic carbocycles. The fourth-order valence-electron chi connectivity index (χ4n) is 2.66. The molecule has 0 fully saturated rings. The minimum atomic E-state index is -0.726. The largest absolute Gasteiger partial charge is 0.481 e. The first-order chi connectivity index (χ1) is 8.49. The van der Waals surface area contributed by atoms with Crippen LogP contribution in [0.3, 0.4) is 0 Å². The lowest BCUT2D eigenvalue weighted by Gasteiger charge is -2.26. The van der Waals surface area contributed by atoms with Crippen LogP contribution in [0.1, 0.15) is 30.5 Å². The van der Waals surface area contributed by atoms with E-state index in [1.165, 1.54) is 11.1 Å². The molecule has 2 unspecified atom stereocenters. The van der Waals surface area contributed by atoms with Crippen molar-refractivity contribution in [3.05, 3.63) is 33.8 Å². The van der Waals surface area contributed by atoms with Crippen LogP contribution in [0.4, 0.5) is 0 Å². The van der Waals surface area contributed by atoms with E-state index < -0.39 is 5.97 Å². The molecule has 0 amide bonds. The molecule has 18 heavy (non-hydrogen) atoms. The fraction of sp³-hybridized carbons (Fsp3) is 0.500. The van der Waals surface area contributed by atoms with Gasteiger partial charge in [0, 0.05) is 17.1 Å². The molecule has 98 valence electrons. The first-order valence-corrected chi connectivity index (χ1v) is 6.99. The van der Waals surface area contributed by atoms with Crippen LogP contribution in [0.25, 0.3) is 0 Å². The maximum Gasteiger partial charge on any atom is 0.307 e. The molecule has 1 N–H and O–H groups in total. The minimum absolute atomic E-state index is 0.325. The molecular formula is C14H18BrNO2. The summed E-state index contributed by atoms with van der Waals surface area (Å²) in [7, 11) is 2.02. The molecule has 1 aromatic rings. The number of hydrogen-bond donors (Lipinski definition) is 1. The Morgan fingerprint density at radius 2 is 2.33 bits per heavy atom. The number of rotatable bonds is 4. The molecule has 0 saturated carbocycles. The van der Waals surface area contributed by atoms with E-state index in [0.717, 1.165) is 17.3 Å². The van der Waals surface area contributed by atoms with Crippen LogP contribution in [-0.2, 0) is 11.2 Å². The van der Waals surface area contributed by atoms with E-state index in [2.05, 4.69) is 39.0 Å². The molecule has 1 aliphatic rings. The van der Waals surface area contributed by atoms with Gasteiger partial charge >= 0.3 is 5.97 Å². The number of aliphatic carboxylic acids is 1. The van der Waals surface area contributed by atoms with Crippen LogP contribution in [0.5, 0.6) is 0 Å². The zero-order chi connectivity index (χ0) is 13.3. The molecule has 0 aliphatic heterocycles. The average Bonchev–Trinajstić information content (AvgIpc) is 2.71. The number of benzene rings is 1. The van der Waals surface area contributed by atoms with Gasteiger partial charge in [-0.3, -0.25) is 9.69 Å². The molecule has 0 aromatic heterocycles. The van der Waals surface area contributed by atoms with E-state index in [9.17, 15) is 4.79 Å². The molecule has 2 atom stereocenters. The van der Waals surface area contributed by atoms with E-state index in [1.54, 1.807) is 6.92 Å². The molecule has 1 aromatic carbocycles. The van der Waals surface area contributed by atoms with E-state index in [4.69, 9.17) is 5.11 Å². The Kier molecular flexibility index (Phi) is 4.07. The topological polar surface area (TPSA) is 40.5 Å². The van der Waals surface area contributed by atoms with Crippen molar-refractivity contribution in [2.24, 2.45) is 5.92 Å². The van der Waals surface area contributed by atoms with Gasteiger partial charge in [-0.05, 0) is 43.1 Å². The molecule has 0 spiro atoms. The number of carboxylic acid groups (broad SMARTS) is 1. The normalized spacial score (nSPS) is 19.9. The van der Waals surface area contributed by atoms with E-state index in [0.29, 0.717) is 12.6 Å². The molecule has 4 heteroatoms. The Labute approximate surface area is 116 Å². The van der Waals surface area contributed by atoms with Gasteiger partial charge in [0.25, 0.3) is 0 Å². The van der Waals surface area contributed by atoms with Crippen molar-refractivity contribution < 1.29 is 9.90 Å². The van der Waals surface area contributed by atoms with Crippen LogP contribution in [-0.4, -0.2) is 29.6 Å². The second-order valence-electron chi connectivity index (χ2n) is 5.08. The first-order valence-electron chi connectivity index (χ1n) is 6.20. The van der Waals surface area contributed by atoms with Crippen molar-refractivity contribution >= 4 is 21.9 Å². The van der Waals surface area contributed by atoms with Crippen LogP contribution >= 0.6 is 15.9 Å². The van der Waals surface area contributed by atoms with Gasteiger partial charge in [0.05, 0.1) is 5.92 Å². The summed E-state index contributed by atoms with van der Waals surface area (Å²) in [6.07, 6.45) is 2.15. The second kappa shape index (κ2) is 5.41. The lowest BCUT2D eigenvalue weighted by molar-refractivity contribution is -0.141. The summed E-state index contributed by atoms with van der Waals surface area (Å²) in [5, 5.41) is 8.97. The number of aryl methyl sites for hydroxylation is 1. The summed E-state index contributed by atoms with van der Waals surface area (Å²) in [6.45, 7) is 2.35. The van der Waals surface area contributed by atoms with Gasteiger partial charge in [-0.25, -0.2) is 0 Å². The first kappa shape index (κ1) is 13.6. The van der Waals surface area contributed by atoms with Crippen molar-refractivity contribution in [3.8, 4) is 0 Å². The molecule has 0 radical (unpaired) electrons. The number of carboxylic acids is 1. The fourth-order valence-corrected chi connectivity index (χ4v) is 3.07. The quantitative estimate of drug-likeness (QED) is 0.929. The highest BCUT2D eigenvalue weighted by Gasteiger charge is 2.27. The second-order valence-corrected chi connectivity index (χ2v) is 5.99. The van der Waals surface area contributed by atoms with Crippen molar-refractivity contribution in [2.75, 3.05) is 13.6 Å². The van der Waals surface area contributed by atoms with Gasteiger partial charge in [-0.15, -0.1) is 0 Å². The predicted molar refractivity (Wildman–Crippen MR) is 74.6 cm³/mol. The summed E-state index contributed by atoms with van der Waals surface area (Å²) < 4.78 is 1.11. The number of hydrogen-bond acceptors (Lipinski definition) is 2. The predicted octanol–water partition coefficient (Wildman–Crippen LogP) is 3.09. The van der Waals surface area contributed by atoms with Gasteiger partial charge in [0.2, 0.25) is 0 Å². The highest BCUT2D eigenvalue weighted by molar-refractivity contribution is 9.10. The van der Waals surface area contributed by atoms with Crippen LogP contribution in [0.15, 0.2) is 22.7 Å². The smallest absolute Gasteiger partial charge is 0.307 e. The summed E-state index contributed by atoms with van der Waals surface area (Å²) in [5.41, 5.74) is 2.72. The Bertz CT molecular complexity index is 461. The Hall–Kier alpha value is -0.870. The summed E-state index contributed by atoms with van der Waals surface area (Å²) in [5.74, 6) is -1.05. The number of halogens is 1. The molecule has 0 bridgehead atoms. The Morgan fingerprint density at radius 3 is 3.00 bits per heavy atom. The van der Waals surface area contributed by atoms with E-state index in [-0.39, 0.29) is 5.92 Å². The van der Waals surface area contributed by atoms with Crippen molar-refractivity contribution in [3.63, 3.8) is 0 Å². The van der Waals surface area contributed by atoms with Gasteiger partial charge in [0.15, 0.2) is 0 Å². The number of carbonyl (C=O) groups is 1. The molecule has 0 saturated heterocycles. The van der Waals surface area contributed by atoms with Crippen LogP contribution in [0.2, 0.25) is 0 Å². The third-order valence-electron chi connectivity index (χ3n) is 3.67. The zero-order valence-electron chi connectivity index (χ0n) is 10.7. The van der Waals surface area contributed by atoms with Crippen molar-refractivity contribution in [1.82, 2.24) is 4.90 Å². The lowest BCUT2D eigenvalue weighted by atomic mass is 10.1. The Balaban J connectivity index is 2.11. The van der Waals surface area contributed by atoms with Crippen LogP contribution in [0, 0.1) is 5.92 Å². The van der Waals surface area contributed by atoms with E-state index >= 15 is 0 Å². The monoisotopic (exact) mass is 311 g/mol. The van der Waals surface area contributed by atoms with Gasteiger partial charge in [-0.1, -0.05) is 28.9 Å². The average molecular weight is 312 g/mol. The minimum Gasteiger partial charge on any atom is -0.481 e. The third-order valence-corrected chi connectivity index (χ3v) is 4.16. The maximum atomic E-state index is 10.9. The standard InChI is InChI=1S/C14H18BrNO2/c1-9(14(17)18)8-16(2)13-6-3-10-7-11(15)4-5-12(10)13/h4-5,7,9,13H,3,6,8H2,1-2H3,(H,17,18). The third kappa shape index (κ3) is 2.75. The van der Waals surface area contributed by atoms with Gasteiger partial charge in [-0.2, -0.15) is 0 Å².